The molecule has 0 saturated heterocycles. The van der Waals surface area contributed by atoms with Crippen LogP contribution in [0.1, 0.15) is 17.5 Å². The molecule has 1 unspecified atom stereocenters. The molecule has 0 aromatic heterocycles. The van der Waals surface area contributed by atoms with Crippen molar-refractivity contribution in [3.8, 4) is 0 Å². The van der Waals surface area contributed by atoms with Crippen LogP contribution >= 0.6 is 0 Å². The molecule has 5 heteroatoms. The van der Waals surface area contributed by atoms with E-state index >= 15 is 0 Å². The van der Waals surface area contributed by atoms with E-state index in [0.29, 0.717) is 12.8 Å². The van der Waals surface area contributed by atoms with Crippen LogP contribution in [0.2, 0.25) is 0 Å². The highest BCUT2D eigenvalue weighted by atomic mass is 32.2. The van der Waals surface area contributed by atoms with Crippen LogP contribution in [0.3, 0.4) is 0 Å². The van der Waals surface area contributed by atoms with E-state index in [9.17, 15) is 13.5 Å². The van der Waals surface area contributed by atoms with Gasteiger partial charge >= 0.3 is 0 Å². The minimum absolute atomic E-state index is 0.102. The van der Waals surface area contributed by atoms with E-state index in [1.165, 1.54) is 12.1 Å². The molecule has 1 aliphatic carbocycles. The van der Waals surface area contributed by atoms with Crippen molar-refractivity contribution in [3.05, 3.63) is 29.3 Å². The Labute approximate surface area is 88.3 Å². The van der Waals surface area contributed by atoms with Crippen LogP contribution in [0.5, 0.6) is 0 Å². The summed E-state index contributed by atoms with van der Waals surface area (Å²) in [5.41, 5.74) is 1.86. The Morgan fingerprint density at radius 2 is 2.00 bits per heavy atom. The molecule has 0 radical (unpaired) electrons. The van der Waals surface area contributed by atoms with Crippen LogP contribution in [0.15, 0.2) is 23.1 Å². The van der Waals surface area contributed by atoms with Gasteiger partial charge in [0.05, 0.1) is 11.0 Å². The molecule has 4 nitrogen and oxygen atoms in total. The Hall–Kier alpha value is -0.910. The van der Waals surface area contributed by atoms with Gasteiger partial charge in [-0.15, -0.1) is 0 Å². The van der Waals surface area contributed by atoms with Gasteiger partial charge < -0.3 is 5.11 Å². The zero-order valence-electron chi connectivity index (χ0n) is 8.05. The minimum atomic E-state index is -4.14. The molecule has 82 valence electrons. The summed E-state index contributed by atoms with van der Waals surface area (Å²) in [5, 5.41) is 9.44. The maximum Gasteiger partial charge on any atom is 0.294 e. The molecule has 1 aliphatic rings. The Morgan fingerprint density at radius 1 is 1.27 bits per heavy atom. The molecule has 15 heavy (non-hydrogen) atoms. The lowest BCUT2D eigenvalue weighted by Crippen LogP contribution is -2.19. The van der Waals surface area contributed by atoms with Crippen molar-refractivity contribution in [2.45, 2.75) is 30.3 Å². The average Bonchev–Trinajstić information content (AvgIpc) is 2.15. The third-order valence-electron chi connectivity index (χ3n) is 2.68. The molecule has 2 rings (SSSR count). The summed E-state index contributed by atoms with van der Waals surface area (Å²) < 4.78 is 30.7. The fraction of sp³-hybridized carbons (Fsp3) is 0.400. The predicted molar refractivity (Wildman–Crippen MR) is 54.3 cm³/mol. The maximum absolute atomic E-state index is 10.9. The molecule has 0 bridgehead atoms. The molecule has 0 amide bonds. The van der Waals surface area contributed by atoms with Gasteiger partial charge in [-0.25, -0.2) is 0 Å². The van der Waals surface area contributed by atoms with Crippen LogP contribution in [0.25, 0.3) is 0 Å². The number of benzene rings is 1. The number of aryl methyl sites for hydroxylation is 1. The molecule has 1 aromatic carbocycles. The van der Waals surface area contributed by atoms with Gasteiger partial charge in [-0.1, -0.05) is 6.07 Å². The minimum Gasteiger partial charge on any atom is -0.393 e. The van der Waals surface area contributed by atoms with Crippen molar-refractivity contribution in [2.24, 2.45) is 0 Å². The van der Waals surface area contributed by atoms with Crippen molar-refractivity contribution in [3.63, 3.8) is 0 Å². The quantitative estimate of drug-likeness (QED) is 0.697. The highest BCUT2D eigenvalue weighted by Gasteiger charge is 2.19. The largest absolute Gasteiger partial charge is 0.393 e. The Bertz CT molecular complexity index is 478. The topological polar surface area (TPSA) is 74.6 Å². The lowest BCUT2D eigenvalue weighted by Gasteiger charge is -2.20. The molecule has 0 saturated carbocycles. The maximum atomic E-state index is 10.9. The van der Waals surface area contributed by atoms with Gasteiger partial charge in [0.1, 0.15) is 0 Å². The molecule has 1 atom stereocenters. The summed E-state index contributed by atoms with van der Waals surface area (Å²) in [5.74, 6) is 0. The van der Waals surface area contributed by atoms with Crippen molar-refractivity contribution in [1.29, 1.82) is 0 Å². The van der Waals surface area contributed by atoms with Gasteiger partial charge in [-0.3, -0.25) is 4.55 Å². The van der Waals surface area contributed by atoms with Crippen molar-refractivity contribution in [1.82, 2.24) is 0 Å². The van der Waals surface area contributed by atoms with Crippen LogP contribution in [-0.4, -0.2) is 24.2 Å². The smallest absolute Gasteiger partial charge is 0.294 e. The van der Waals surface area contributed by atoms with E-state index in [-0.39, 0.29) is 4.90 Å². The molecule has 0 spiro atoms. The third-order valence-corrected chi connectivity index (χ3v) is 3.53. The number of rotatable bonds is 1. The standard InChI is InChI=1S/C10H12O4S/c11-9-3-1-7-2-4-10(15(12,13)14)6-8(7)5-9/h2,4,6,9,11H,1,3,5H2,(H,12,13,14). The van der Waals surface area contributed by atoms with Crippen molar-refractivity contribution < 1.29 is 18.1 Å². The van der Waals surface area contributed by atoms with Crippen LogP contribution in [-0.2, 0) is 23.0 Å². The van der Waals surface area contributed by atoms with Crippen LogP contribution in [0, 0.1) is 0 Å². The number of aliphatic hydroxyl groups excluding tert-OH is 1. The molecule has 0 aliphatic heterocycles. The van der Waals surface area contributed by atoms with E-state index < -0.39 is 16.2 Å². The summed E-state index contributed by atoms with van der Waals surface area (Å²) in [4.78, 5) is -0.102. The second kappa shape index (κ2) is 3.59. The van der Waals surface area contributed by atoms with Crippen molar-refractivity contribution in [2.75, 3.05) is 0 Å². The highest BCUT2D eigenvalue weighted by molar-refractivity contribution is 7.85. The lowest BCUT2D eigenvalue weighted by atomic mass is 9.90. The van der Waals surface area contributed by atoms with Gasteiger partial charge in [0.25, 0.3) is 10.1 Å². The van der Waals surface area contributed by atoms with E-state index in [0.717, 1.165) is 17.5 Å². The molecular formula is C10H12O4S. The Balaban J connectivity index is 2.46. The first-order chi connectivity index (χ1) is 6.97. The zero-order valence-corrected chi connectivity index (χ0v) is 8.87. The number of hydrogen-bond donors (Lipinski definition) is 2. The van der Waals surface area contributed by atoms with E-state index in [1.54, 1.807) is 6.07 Å². The average molecular weight is 228 g/mol. The van der Waals surface area contributed by atoms with E-state index in [2.05, 4.69) is 0 Å². The summed E-state index contributed by atoms with van der Waals surface area (Å²) in [7, 11) is -4.14. The molecule has 0 fully saturated rings. The summed E-state index contributed by atoms with van der Waals surface area (Å²) >= 11 is 0. The van der Waals surface area contributed by atoms with Gasteiger partial charge in [-0.05, 0) is 42.5 Å². The molecule has 1 aromatic rings. The van der Waals surface area contributed by atoms with E-state index in [1.807, 2.05) is 0 Å². The van der Waals surface area contributed by atoms with Crippen molar-refractivity contribution >= 4 is 10.1 Å². The van der Waals surface area contributed by atoms with Crippen LogP contribution < -0.4 is 0 Å². The molecule has 2 N–H and O–H groups in total. The first kappa shape index (κ1) is 10.6. The van der Waals surface area contributed by atoms with Crippen LogP contribution in [0.4, 0.5) is 0 Å². The number of hydrogen-bond acceptors (Lipinski definition) is 3. The summed E-state index contributed by atoms with van der Waals surface area (Å²) in [6, 6.07) is 4.53. The number of fused-ring (bicyclic) bond motifs is 1. The fourth-order valence-electron chi connectivity index (χ4n) is 1.87. The summed E-state index contributed by atoms with van der Waals surface area (Å²) in [6.45, 7) is 0. The Kier molecular flexibility index (Phi) is 2.54. The highest BCUT2D eigenvalue weighted by Crippen LogP contribution is 2.24. The SMILES string of the molecule is O=S(=O)(O)c1ccc2c(c1)CC(O)CC2. The Morgan fingerprint density at radius 3 is 2.67 bits per heavy atom. The predicted octanol–water partition coefficient (Wildman–Crippen LogP) is 0.783. The molecule has 0 heterocycles. The normalized spacial score (nSPS) is 21.1. The van der Waals surface area contributed by atoms with E-state index in [4.69, 9.17) is 4.55 Å². The lowest BCUT2D eigenvalue weighted by molar-refractivity contribution is 0.158. The zero-order chi connectivity index (χ0) is 11.1. The van der Waals surface area contributed by atoms with Gasteiger partial charge in [0.15, 0.2) is 0 Å². The summed E-state index contributed by atoms with van der Waals surface area (Å²) in [6.07, 6.45) is 1.51. The van der Waals surface area contributed by atoms with Gasteiger partial charge in [0.2, 0.25) is 0 Å². The molecular weight excluding hydrogens is 216 g/mol. The van der Waals surface area contributed by atoms with Gasteiger partial charge in [0, 0.05) is 0 Å². The second-order valence-electron chi connectivity index (χ2n) is 3.80. The number of aliphatic hydroxyl groups is 1. The third kappa shape index (κ3) is 2.19. The first-order valence-electron chi connectivity index (χ1n) is 4.74. The van der Waals surface area contributed by atoms with Gasteiger partial charge in [-0.2, -0.15) is 8.42 Å². The second-order valence-corrected chi connectivity index (χ2v) is 5.22. The monoisotopic (exact) mass is 228 g/mol. The fourth-order valence-corrected chi connectivity index (χ4v) is 2.41. The first-order valence-corrected chi connectivity index (χ1v) is 6.18.